The van der Waals surface area contributed by atoms with Crippen molar-refractivity contribution in [3.8, 4) is 35.5 Å². The lowest BCUT2D eigenvalue weighted by Crippen LogP contribution is -1.97. The van der Waals surface area contributed by atoms with Crippen molar-refractivity contribution in [3.63, 3.8) is 0 Å². The minimum absolute atomic E-state index is 0.0301. The van der Waals surface area contributed by atoms with E-state index in [0.29, 0.717) is 28.5 Å². The molecule has 29 heavy (non-hydrogen) atoms. The first-order valence-electron chi connectivity index (χ1n) is 8.25. The predicted molar refractivity (Wildman–Crippen MR) is 108 cm³/mol. The molecule has 2 rings (SSSR count). The van der Waals surface area contributed by atoms with Gasteiger partial charge in [0, 0.05) is 5.56 Å². The number of nitriles is 3. The highest BCUT2D eigenvalue weighted by atomic mass is 16.5. The average Bonchev–Trinajstić information content (AvgIpc) is 2.77. The van der Waals surface area contributed by atoms with Gasteiger partial charge in [-0.25, -0.2) is 0 Å². The molecule has 0 amide bonds. The summed E-state index contributed by atoms with van der Waals surface area (Å²) in [5.74, 6) is 1.52. The molecule has 0 aliphatic carbocycles. The van der Waals surface area contributed by atoms with E-state index < -0.39 is 0 Å². The minimum atomic E-state index is -0.228. The molecule has 0 unspecified atom stereocenters. The molecule has 1 N–H and O–H groups in total. The molecule has 0 radical (unpaired) electrons. The van der Waals surface area contributed by atoms with Crippen LogP contribution in [0.25, 0.3) is 5.57 Å². The van der Waals surface area contributed by atoms with Gasteiger partial charge in [0.1, 0.15) is 23.8 Å². The number of ether oxygens (including phenoxy) is 3. The van der Waals surface area contributed by atoms with E-state index in [-0.39, 0.29) is 11.1 Å². The van der Waals surface area contributed by atoms with Crippen molar-refractivity contribution < 1.29 is 14.2 Å². The van der Waals surface area contributed by atoms with Crippen LogP contribution in [-0.2, 0) is 0 Å². The largest absolute Gasteiger partial charge is 0.493 e. The Morgan fingerprint density at radius 1 is 0.897 bits per heavy atom. The van der Waals surface area contributed by atoms with E-state index in [1.807, 2.05) is 6.07 Å². The average molecular weight is 387 g/mol. The molecule has 0 aliphatic heterocycles. The molecule has 0 saturated carbocycles. The molecule has 0 fully saturated rings. The van der Waals surface area contributed by atoms with Gasteiger partial charge in [-0.2, -0.15) is 20.9 Å². The second kappa shape index (κ2) is 10.0. The number of methoxy groups -OCH3 is 3. The highest BCUT2D eigenvalue weighted by Crippen LogP contribution is 2.37. The molecule has 8 nitrogen and oxygen atoms in total. The van der Waals surface area contributed by atoms with Crippen LogP contribution in [-0.4, -0.2) is 27.5 Å². The Bertz CT molecular complexity index is 1030. The molecule has 144 valence electrons. The van der Waals surface area contributed by atoms with Gasteiger partial charge >= 0.3 is 0 Å². The second-order valence-electron chi connectivity index (χ2n) is 5.49. The molecular formula is C21H17N5O3. The molecule has 0 atom stereocenters. The van der Waals surface area contributed by atoms with Crippen molar-refractivity contribution in [2.45, 2.75) is 0 Å². The Hall–Kier alpha value is -4.48. The van der Waals surface area contributed by atoms with Gasteiger partial charge in [0.15, 0.2) is 11.5 Å². The number of allylic oxidation sites excluding steroid dienone is 2. The SMILES string of the molecule is COc1cc(/C=N/Nc2ccc(C(C#N)=C(C#N)C#N)cc2)cc(OC)c1OC. The molecule has 0 heterocycles. The van der Waals surface area contributed by atoms with Crippen LogP contribution in [0.5, 0.6) is 17.2 Å². The van der Waals surface area contributed by atoms with Crippen LogP contribution in [0.1, 0.15) is 11.1 Å². The first-order valence-corrected chi connectivity index (χ1v) is 8.25. The fraction of sp³-hybridized carbons (Fsp3) is 0.143. The Morgan fingerprint density at radius 3 is 1.93 bits per heavy atom. The number of hydrogen-bond acceptors (Lipinski definition) is 8. The molecule has 0 aliphatic rings. The molecule has 0 saturated heterocycles. The third-order valence-corrected chi connectivity index (χ3v) is 3.85. The fourth-order valence-corrected chi connectivity index (χ4v) is 2.47. The molecular weight excluding hydrogens is 370 g/mol. The van der Waals surface area contributed by atoms with Crippen LogP contribution in [0.2, 0.25) is 0 Å². The molecule has 8 heteroatoms. The summed E-state index contributed by atoms with van der Waals surface area (Å²) in [5.41, 5.74) is 4.53. The maximum absolute atomic E-state index is 9.19. The van der Waals surface area contributed by atoms with Gasteiger partial charge in [0.25, 0.3) is 0 Å². The number of nitrogens with zero attached hydrogens (tertiary/aromatic N) is 4. The summed E-state index contributed by atoms with van der Waals surface area (Å²) in [6.07, 6.45) is 1.59. The summed E-state index contributed by atoms with van der Waals surface area (Å²) in [4.78, 5) is 0. The third-order valence-electron chi connectivity index (χ3n) is 3.85. The quantitative estimate of drug-likeness (QED) is 0.438. The maximum Gasteiger partial charge on any atom is 0.203 e. The van der Waals surface area contributed by atoms with E-state index in [1.54, 1.807) is 54.8 Å². The van der Waals surface area contributed by atoms with Crippen LogP contribution < -0.4 is 19.6 Å². The van der Waals surface area contributed by atoms with Gasteiger partial charge < -0.3 is 14.2 Å². The van der Waals surface area contributed by atoms with Crippen molar-refractivity contribution in [1.82, 2.24) is 0 Å². The topological polar surface area (TPSA) is 123 Å². The molecule has 0 spiro atoms. The fourth-order valence-electron chi connectivity index (χ4n) is 2.47. The number of hydrogen-bond donors (Lipinski definition) is 1. The lowest BCUT2D eigenvalue weighted by Gasteiger charge is -2.12. The Labute approximate surface area is 168 Å². The summed E-state index contributed by atoms with van der Waals surface area (Å²) < 4.78 is 15.9. The number of anilines is 1. The van der Waals surface area contributed by atoms with E-state index in [9.17, 15) is 5.26 Å². The molecule has 2 aromatic rings. The molecule has 2 aromatic carbocycles. The third kappa shape index (κ3) is 4.82. The maximum atomic E-state index is 9.19. The van der Waals surface area contributed by atoms with Gasteiger partial charge in [-0.05, 0) is 29.8 Å². The van der Waals surface area contributed by atoms with E-state index in [0.717, 1.165) is 5.56 Å². The van der Waals surface area contributed by atoms with E-state index in [2.05, 4.69) is 10.5 Å². The summed E-state index contributed by atoms with van der Waals surface area (Å²) in [7, 11) is 4.60. The first-order chi connectivity index (χ1) is 14.1. The second-order valence-corrected chi connectivity index (χ2v) is 5.49. The lowest BCUT2D eigenvalue weighted by molar-refractivity contribution is 0.324. The lowest BCUT2D eigenvalue weighted by atomic mass is 10.0. The zero-order chi connectivity index (χ0) is 21.2. The van der Waals surface area contributed by atoms with Gasteiger partial charge in [0.2, 0.25) is 5.75 Å². The van der Waals surface area contributed by atoms with Crippen LogP contribution in [0.15, 0.2) is 47.1 Å². The monoisotopic (exact) mass is 387 g/mol. The highest BCUT2D eigenvalue weighted by Gasteiger charge is 2.12. The molecule has 0 aromatic heterocycles. The number of hydrazone groups is 1. The Balaban J connectivity index is 2.20. The standard InChI is InChI=1S/C21H17N5O3/c1-27-19-8-14(9-20(28-2)21(19)29-3)13-25-26-17-6-4-15(5-7-17)18(12-24)16(10-22)11-23/h4-9,13,26H,1-3H3/b25-13+. The van der Waals surface area contributed by atoms with Crippen molar-refractivity contribution >= 4 is 17.5 Å². The Kier molecular flexibility index (Phi) is 7.19. The van der Waals surface area contributed by atoms with Crippen molar-refractivity contribution in [2.75, 3.05) is 26.8 Å². The van der Waals surface area contributed by atoms with Crippen LogP contribution >= 0.6 is 0 Å². The zero-order valence-electron chi connectivity index (χ0n) is 16.1. The zero-order valence-corrected chi connectivity index (χ0v) is 16.1. The van der Waals surface area contributed by atoms with Gasteiger partial charge in [-0.1, -0.05) is 12.1 Å². The number of benzene rings is 2. The van der Waals surface area contributed by atoms with Crippen LogP contribution in [0.4, 0.5) is 5.69 Å². The number of rotatable bonds is 7. The summed E-state index contributed by atoms with van der Waals surface area (Å²) in [6.45, 7) is 0. The van der Waals surface area contributed by atoms with Crippen LogP contribution in [0.3, 0.4) is 0 Å². The normalized spacial score (nSPS) is 9.66. The highest BCUT2D eigenvalue weighted by molar-refractivity contribution is 5.85. The first kappa shape index (κ1) is 20.8. The smallest absolute Gasteiger partial charge is 0.203 e. The summed E-state index contributed by atoms with van der Waals surface area (Å²) in [5, 5.41) is 31.2. The van der Waals surface area contributed by atoms with E-state index in [1.165, 1.54) is 21.3 Å². The van der Waals surface area contributed by atoms with Gasteiger partial charge in [-0.3, -0.25) is 5.43 Å². The van der Waals surface area contributed by atoms with Crippen molar-refractivity contribution in [2.24, 2.45) is 5.10 Å². The minimum Gasteiger partial charge on any atom is -0.493 e. The van der Waals surface area contributed by atoms with Gasteiger partial charge in [0.05, 0.1) is 38.8 Å². The van der Waals surface area contributed by atoms with Crippen molar-refractivity contribution in [1.29, 1.82) is 15.8 Å². The van der Waals surface area contributed by atoms with Gasteiger partial charge in [-0.15, -0.1) is 0 Å². The van der Waals surface area contributed by atoms with Crippen LogP contribution in [0, 0.1) is 34.0 Å². The summed E-state index contributed by atoms with van der Waals surface area (Å²) >= 11 is 0. The van der Waals surface area contributed by atoms with E-state index >= 15 is 0 Å². The Morgan fingerprint density at radius 2 is 1.48 bits per heavy atom. The van der Waals surface area contributed by atoms with Crippen molar-refractivity contribution in [3.05, 3.63) is 53.1 Å². The van der Waals surface area contributed by atoms with E-state index in [4.69, 9.17) is 24.7 Å². The molecule has 0 bridgehead atoms. The summed E-state index contributed by atoms with van der Waals surface area (Å²) in [6, 6.07) is 15.5. The predicted octanol–water partition coefficient (Wildman–Crippen LogP) is 3.48. The number of nitrogens with one attached hydrogen (secondary N) is 1.